The van der Waals surface area contributed by atoms with Crippen LogP contribution in [0.5, 0.6) is 0 Å². The lowest BCUT2D eigenvalue weighted by molar-refractivity contribution is 0.275. The van der Waals surface area contributed by atoms with Crippen LogP contribution < -0.4 is 5.06 Å². The van der Waals surface area contributed by atoms with Gasteiger partial charge >= 0.3 is 0 Å². The minimum atomic E-state index is 0.442. The molecule has 0 amide bonds. The summed E-state index contributed by atoms with van der Waals surface area (Å²) < 4.78 is 0. The Morgan fingerprint density at radius 1 is 1.67 bits per heavy atom. The van der Waals surface area contributed by atoms with Crippen LogP contribution in [0, 0.1) is 0 Å². The van der Waals surface area contributed by atoms with E-state index in [1.807, 2.05) is 0 Å². The number of anilines is 1. The lowest BCUT2D eigenvalue weighted by Gasteiger charge is -2.05. The van der Waals surface area contributed by atoms with E-state index >= 15 is 0 Å². The quantitative estimate of drug-likeness (QED) is 0.548. The third-order valence-electron chi connectivity index (χ3n) is 0.890. The molecule has 1 aromatic rings. The van der Waals surface area contributed by atoms with Crippen LogP contribution in [-0.4, -0.2) is 22.5 Å². The Morgan fingerprint density at radius 2 is 2.44 bits per heavy atom. The number of hydroxylamine groups is 1. The summed E-state index contributed by atoms with van der Waals surface area (Å²) >= 11 is 0. The van der Waals surface area contributed by atoms with Gasteiger partial charge in [-0.3, -0.25) is 5.21 Å². The van der Waals surface area contributed by atoms with E-state index in [1.165, 1.54) is 7.05 Å². The smallest absolute Gasteiger partial charge is 0.174 e. The zero-order valence-corrected chi connectivity index (χ0v) is 5.02. The Hall–Kier alpha value is -1.16. The summed E-state index contributed by atoms with van der Waals surface area (Å²) in [6.45, 7) is 0. The largest absolute Gasteiger partial charge is 0.287 e. The van der Waals surface area contributed by atoms with Gasteiger partial charge < -0.3 is 0 Å². The molecule has 0 fully saturated rings. The maximum atomic E-state index is 8.75. The molecule has 0 saturated carbocycles. The van der Waals surface area contributed by atoms with Gasteiger partial charge in [0.05, 0.1) is 0 Å². The SMILES string of the molecule is CN(O)c1cccnn1. The predicted molar refractivity (Wildman–Crippen MR) is 32.2 cm³/mol. The van der Waals surface area contributed by atoms with Crippen LogP contribution in [0.4, 0.5) is 5.82 Å². The van der Waals surface area contributed by atoms with Gasteiger partial charge in [-0.25, -0.2) is 5.06 Å². The molecular formula is C5H7N3O. The Bertz CT molecular complexity index is 175. The number of hydrogen-bond donors (Lipinski definition) is 1. The van der Waals surface area contributed by atoms with Gasteiger partial charge in [0.25, 0.3) is 0 Å². The van der Waals surface area contributed by atoms with Crippen LogP contribution in [0.3, 0.4) is 0 Å². The molecule has 0 aromatic carbocycles. The van der Waals surface area contributed by atoms with Crippen LogP contribution in [0.1, 0.15) is 0 Å². The summed E-state index contributed by atoms with van der Waals surface area (Å²) in [6.07, 6.45) is 1.55. The van der Waals surface area contributed by atoms with Crippen LogP contribution in [0.15, 0.2) is 18.3 Å². The van der Waals surface area contributed by atoms with Gasteiger partial charge in [-0.15, -0.1) is 5.10 Å². The molecule has 0 aliphatic heterocycles. The van der Waals surface area contributed by atoms with E-state index in [0.717, 1.165) is 5.06 Å². The van der Waals surface area contributed by atoms with E-state index < -0.39 is 0 Å². The predicted octanol–water partition coefficient (Wildman–Crippen LogP) is 0.302. The summed E-state index contributed by atoms with van der Waals surface area (Å²) in [5.74, 6) is 0.442. The summed E-state index contributed by atoms with van der Waals surface area (Å²) in [6, 6.07) is 3.36. The molecule has 0 aliphatic carbocycles. The first-order chi connectivity index (χ1) is 4.30. The first kappa shape index (κ1) is 5.97. The maximum absolute atomic E-state index is 8.75. The van der Waals surface area contributed by atoms with Gasteiger partial charge in [-0.05, 0) is 12.1 Å². The summed E-state index contributed by atoms with van der Waals surface area (Å²) in [5, 5.41) is 16.8. The number of aromatic nitrogens is 2. The highest BCUT2D eigenvalue weighted by Gasteiger charge is 1.93. The molecule has 0 radical (unpaired) electrons. The normalized spacial score (nSPS) is 9.11. The highest BCUT2D eigenvalue weighted by atomic mass is 16.5. The molecule has 9 heavy (non-hydrogen) atoms. The van der Waals surface area contributed by atoms with Crippen LogP contribution >= 0.6 is 0 Å². The fraction of sp³-hybridized carbons (Fsp3) is 0.200. The zero-order chi connectivity index (χ0) is 6.69. The minimum Gasteiger partial charge on any atom is -0.287 e. The lowest BCUT2D eigenvalue weighted by Crippen LogP contribution is -2.11. The lowest BCUT2D eigenvalue weighted by atomic mass is 10.5. The summed E-state index contributed by atoms with van der Waals surface area (Å²) in [7, 11) is 1.49. The molecule has 0 aliphatic rings. The van der Waals surface area contributed by atoms with Crippen LogP contribution in [-0.2, 0) is 0 Å². The molecule has 1 aromatic heterocycles. The average molecular weight is 125 g/mol. The first-order valence-electron chi connectivity index (χ1n) is 2.51. The Morgan fingerprint density at radius 3 is 2.78 bits per heavy atom. The minimum absolute atomic E-state index is 0.442. The van der Waals surface area contributed by atoms with Gasteiger partial charge in [0.15, 0.2) is 5.82 Å². The summed E-state index contributed by atoms with van der Waals surface area (Å²) in [5.41, 5.74) is 0. The molecule has 0 atom stereocenters. The monoisotopic (exact) mass is 125 g/mol. The molecule has 1 heterocycles. The van der Waals surface area contributed by atoms with Gasteiger partial charge in [0.2, 0.25) is 0 Å². The molecule has 4 heteroatoms. The number of rotatable bonds is 1. The van der Waals surface area contributed by atoms with Crippen molar-refractivity contribution in [2.75, 3.05) is 12.1 Å². The van der Waals surface area contributed by atoms with Crippen LogP contribution in [0.2, 0.25) is 0 Å². The highest BCUT2D eigenvalue weighted by molar-refractivity contribution is 5.30. The fourth-order valence-electron chi connectivity index (χ4n) is 0.466. The van der Waals surface area contributed by atoms with Gasteiger partial charge in [-0.2, -0.15) is 5.10 Å². The summed E-state index contributed by atoms with van der Waals surface area (Å²) in [4.78, 5) is 0. The van der Waals surface area contributed by atoms with Crippen molar-refractivity contribution in [2.24, 2.45) is 0 Å². The van der Waals surface area contributed by atoms with E-state index in [-0.39, 0.29) is 0 Å². The van der Waals surface area contributed by atoms with Gasteiger partial charge in [-0.1, -0.05) is 0 Å². The maximum Gasteiger partial charge on any atom is 0.174 e. The Labute approximate surface area is 52.7 Å². The van der Waals surface area contributed by atoms with E-state index in [0.29, 0.717) is 5.82 Å². The van der Waals surface area contributed by atoms with E-state index in [9.17, 15) is 0 Å². The Balaban J connectivity index is 2.85. The van der Waals surface area contributed by atoms with Crippen molar-refractivity contribution >= 4 is 5.82 Å². The van der Waals surface area contributed by atoms with Crippen molar-refractivity contribution in [1.82, 2.24) is 10.2 Å². The molecule has 0 saturated heterocycles. The fourth-order valence-corrected chi connectivity index (χ4v) is 0.466. The van der Waals surface area contributed by atoms with Crippen molar-refractivity contribution in [2.45, 2.75) is 0 Å². The molecule has 1 rings (SSSR count). The van der Waals surface area contributed by atoms with Crippen molar-refractivity contribution in [3.05, 3.63) is 18.3 Å². The third-order valence-corrected chi connectivity index (χ3v) is 0.890. The second-order valence-electron chi connectivity index (χ2n) is 1.61. The standard InChI is InChI=1S/C5H7N3O/c1-8(9)5-3-2-4-6-7-5/h2-4,9H,1H3. The first-order valence-corrected chi connectivity index (χ1v) is 2.51. The Kier molecular flexibility index (Phi) is 1.60. The van der Waals surface area contributed by atoms with Crippen molar-refractivity contribution in [1.29, 1.82) is 0 Å². The van der Waals surface area contributed by atoms with Crippen molar-refractivity contribution < 1.29 is 5.21 Å². The number of nitrogens with zero attached hydrogens (tertiary/aromatic N) is 3. The van der Waals surface area contributed by atoms with Crippen LogP contribution in [0.25, 0.3) is 0 Å². The zero-order valence-electron chi connectivity index (χ0n) is 5.02. The van der Waals surface area contributed by atoms with E-state index in [1.54, 1.807) is 18.3 Å². The second-order valence-corrected chi connectivity index (χ2v) is 1.61. The topological polar surface area (TPSA) is 49.2 Å². The van der Waals surface area contributed by atoms with Gasteiger partial charge in [0, 0.05) is 13.2 Å². The molecule has 0 spiro atoms. The molecule has 1 N–H and O–H groups in total. The van der Waals surface area contributed by atoms with E-state index in [2.05, 4.69) is 10.2 Å². The molecule has 48 valence electrons. The van der Waals surface area contributed by atoms with Gasteiger partial charge in [0.1, 0.15) is 0 Å². The molecular weight excluding hydrogens is 118 g/mol. The molecule has 0 unspecified atom stereocenters. The number of hydrogen-bond acceptors (Lipinski definition) is 4. The molecule has 4 nitrogen and oxygen atoms in total. The highest BCUT2D eigenvalue weighted by Crippen LogP contribution is 1.99. The second kappa shape index (κ2) is 2.41. The van der Waals surface area contributed by atoms with Crippen molar-refractivity contribution in [3.63, 3.8) is 0 Å². The molecule has 0 bridgehead atoms. The van der Waals surface area contributed by atoms with Crippen molar-refractivity contribution in [3.8, 4) is 0 Å². The van der Waals surface area contributed by atoms with E-state index in [4.69, 9.17) is 5.21 Å². The third kappa shape index (κ3) is 1.36. The average Bonchev–Trinajstić information content (AvgIpc) is 1.90.